The lowest BCUT2D eigenvalue weighted by molar-refractivity contribution is 0.568. The molecule has 5 nitrogen and oxygen atoms in total. The van der Waals surface area contributed by atoms with Crippen LogP contribution in [0.15, 0.2) is 53.5 Å². The number of nitrogens with zero attached hydrogens (tertiary/aromatic N) is 3. The molecule has 5 heteroatoms. The molecule has 0 bridgehead atoms. The summed E-state index contributed by atoms with van der Waals surface area (Å²) in [6.07, 6.45) is 4.98. The Kier molecular flexibility index (Phi) is 3.64. The second-order valence-corrected chi connectivity index (χ2v) is 4.93. The van der Waals surface area contributed by atoms with Crippen LogP contribution < -0.4 is 5.32 Å². The summed E-state index contributed by atoms with van der Waals surface area (Å²) in [6, 6.07) is 10.2. The van der Waals surface area contributed by atoms with Crippen molar-refractivity contribution < 1.29 is 4.42 Å². The van der Waals surface area contributed by atoms with E-state index in [9.17, 15) is 0 Å². The predicted octanol–water partition coefficient (Wildman–Crippen LogP) is 3.61. The van der Waals surface area contributed by atoms with Gasteiger partial charge >= 0.3 is 0 Å². The number of nitrogens with one attached hydrogen (secondary N) is 1. The quantitative estimate of drug-likeness (QED) is 0.790. The van der Waals surface area contributed by atoms with E-state index in [1.54, 1.807) is 6.20 Å². The summed E-state index contributed by atoms with van der Waals surface area (Å²) in [4.78, 5) is 4.15. The third kappa shape index (κ3) is 2.91. The second kappa shape index (κ2) is 5.75. The minimum Gasteiger partial charge on any atom is -0.423 e. The lowest BCUT2D eigenvalue weighted by atomic mass is 10.1. The molecule has 1 aromatic carbocycles. The lowest BCUT2D eigenvalue weighted by Gasteiger charge is -2.17. The van der Waals surface area contributed by atoms with Gasteiger partial charge in [0, 0.05) is 23.6 Å². The highest BCUT2D eigenvalue weighted by Gasteiger charge is 2.10. The number of hydrogen-bond acceptors (Lipinski definition) is 5. The molecule has 0 saturated carbocycles. The van der Waals surface area contributed by atoms with Crippen LogP contribution in [0.5, 0.6) is 0 Å². The van der Waals surface area contributed by atoms with E-state index in [-0.39, 0.29) is 6.04 Å². The number of benzene rings is 1. The standard InChI is InChI=1S/C16H16N4O/c1-11-5-6-13(16-20-18-10-21-16)8-15(11)19-12(2)14-4-3-7-17-9-14/h3-10,12,19H,1-2H3. The van der Waals surface area contributed by atoms with Gasteiger partial charge in [-0.15, -0.1) is 10.2 Å². The fourth-order valence-corrected chi connectivity index (χ4v) is 2.16. The first-order chi connectivity index (χ1) is 10.2. The SMILES string of the molecule is Cc1ccc(-c2nnco2)cc1NC(C)c1cccnc1. The molecule has 1 atom stereocenters. The molecule has 3 rings (SSSR count). The summed E-state index contributed by atoms with van der Waals surface area (Å²) in [5.41, 5.74) is 4.25. The maximum absolute atomic E-state index is 5.24. The van der Waals surface area contributed by atoms with Crippen LogP contribution in [0.4, 0.5) is 5.69 Å². The topological polar surface area (TPSA) is 63.8 Å². The summed E-state index contributed by atoms with van der Waals surface area (Å²) < 4.78 is 5.24. The van der Waals surface area contributed by atoms with Gasteiger partial charge in [0.05, 0.1) is 6.04 Å². The van der Waals surface area contributed by atoms with Crippen molar-refractivity contribution in [3.8, 4) is 11.5 Å². The van der Waals surface area contributed by atoms with Gasteiger partial charge in [-0.2, -0.15) is 0 Å². The van der Waals surface area contributed by atoms with Crippen molar-refractivity contribution in [1.29, 1.82) is 0 Å². The second-order valence-electron chi connectivity index (χ2n) is 4.93. The van der Waals surface area contributed by atoms with Crippen LogP contribution in [-0.4, -0.2) is 15.2 Å². The van der Waals surface area contributed by atoms with Crippen LogP contribution in [0.3, 0.4) is 0 Å². The van der Waals surface area contributed by atoms with E-state index >= 15 is 0 Å². The third-order valence-corrected chi connectivity index (χ3v) is 3.40. The highest BCUT2D eigenvalue weighted by atomic mass is 16.4. The first-order valence-electron chi connectivity index (χ1n) is 6.77. The van der Waals surface area contributed by atoms with Crippen molar-refractivity contribution in [2.75, 3.05) is 5.32 Å². The Morgan fingerprint density at radius 1 is 1.24 bits per heavy atom. The molecule has 0 radical (unpaired) electrons. The molecule has 0 aliphatic carbocycles. The fourth-order valence-electron chi connectivity index (χ4n) is 2.16. The van der Waals surface area contributed by atoms with Crippen molar-refractivity contribution in [3.63, 3.8) is 0 Å². The summed E-state index contributed by atoms with van der Waals surface area (Å²) >= 11 is 0. The van der Waals surface area contributed by atoms with Gasteiger partial charge in [0.1, 0.15) is 0 Å². The van der Waals surface area contributed by atoms with Crippen molar-refractivity contribution in [1.82, 2.24) is 15.2 Å². The molecule has 0 saturated heterocycles. The van der Waals surface area contributed by atoms with Gasteiger partial charge in [0.15, 0.2) is 0 Å². The third-order valence-electron chi connectivity index (χ3n) is 3.40. The van der Waals surface area contributed by atoms with Crippen LogP contribution in [0.25, 0.3) is 11.5 Å². The maximum atomic E-state index is 5.24. The Hall–Kier alpha value is -2.69. The molecular formula is C16H16N4O. The molecule has 1 N–H and O–H groups in total. The molecular weight excluding hydrogens is 264 g/mol. The Labute approximate surface area is 123 Å². The van der Waals surface area contributed by atoms with E-state index in [1.165, 1.54) is 6.39 Å². The van der Waals surface area contributed by atoms with Crippen molar-refractivity contribution in [2.24, 2.45) is 0 Å². The van der Waals surface area contributed by atoms with E-state index < -0.39 is 0 Å². The van der Waals surface area contributed by atoms with E-state index in [0.717, 1.165) is 22.4 Å². The Morgan fingerprint density at radius 2 is 2.14 bits per heavy atom. The largest absolute Gasteiger partial charge is 0.423 e. The summed E-state index contributed by atoms with van der Waals surface area (Å²) in [6.45, 7) is 4.17. The normalized spacial score (nSPS) is 12.1. The van der Waals surface area contributed by atoms with Crippen LogP contribution in [0.1, 0.15) is 24.1 Å². The monoisotopic (exact) mass is 280 g/mol. The van der Waals surface area contributed by atoms with Crippen molar-refractivity contribution in [2.45, 2.75) is 19.9 Å². The molecule has 21 heavy (non-hydrogen) atoms. The Morgan fingerprint density at radius 3 is 2.86 bits per heavy atom. The number of aromatic nitrogens is 3. The molecule has 1 unspecified atom stereocenters. The smallest absolute Gasteiger partial charge is 0.247 e. The molecule has 0 spiro atoms. The average molecular weight is 280 g/mol. The molecule has 0 aliphatic rings. The minimum absolute atomic E-state index is 0.162. The zero-order valence-corrected chi connectivity index (χ0v) is 11.9. The molecule has 106 valence electrons. The highest BCUT2D eigenvalue weighted by Crippen LogP contribution is 2.26. The number of hydrogen-bond donors (Lipinski definition) is 1. The van der Waals surface area contributed by atoms with E-state index in [2.05, 4.69) is 40.4 Å². The lowest BCUT2D eigenvalue weighted by Crippen LogP contribution is -2.08. The molecule has 0 amide bonds. The van der Waals surface area contributed by atoms with E-state index in [1.807, 2.05) is 30.5 Å². The first kappa shape index (κ1) is 13.3. The summed E-state index contributed by atoms with van der Waals surface area (Å²) in [5, 5.41) is 11.2. The van der Waals surface area contributed by atoms with Crippen molar-refractivity contribution >= 4 is 5.69 Å². The zero-order chi connectivity index (χ0) is 14.7. The molecule has 2 aromatic heterocycles. The Bertz CT molecular complexity index is 710. The van der Waals surface area contributed by atoms with Crippen LogP contribution in [0.2, 0.25) is 0 Å². The molecule has 3 aromatic rings. The molecule has 0 fully saturated rings. The van der Waals surface area contributed by atoms with Crippen LogP contribution in [-0.2, 0) is 0 Å². The van der Waals surface area contributed by atoms with E-state index in [0.29, 0.717) is 5.89 Å². The zero-order valence-electron chi connectivity index (χ0n) is 11.9. The van der Waals surface area contributed by atoms with Gasteiger partial charge in [0.25, 0.3) is 0 Å². The molecule has 2 heterocycles. The average Bonchev–Trinajstić information content (AvgIpc) is 3.04. The molecule has 0 aliphatic heterocycles. The summed E-state index contributed by atoms with van der Waals surface area (Å²) in [5.74, 6) is 0.520. The van der Waals surface area contributed by atoms with Gasteiger partial charge in [-0.3, -0.25) is 4.98 Å². The summed E-state index contributed by atoms with van der Waals surface area (Å²) in [7, 11) is 0. The van der Waals surface area contributed by atoms with Gasteiger partial charge in [-0.25, -0.2) is 0 Å². The van der Waals surface area contributed by atoms with Crippen LogP contribution in [0, 0.1) is 6.92 Å². The van der Waals surface area contributed by atoms with E-state index in [4.69, 9.17) is 4.42 Å². The number of pyridine rings is 1. The maximum Gasteiger partial charge on any atom is 0.247 e. The van der Waals surface area contributed by atoms with Gasteiger partial charge in [0.2, 0.25) is 12.3 Å². The number of rotatable bonds is 4. The van der Waals surface area contributed by atoms with Gasteiger partial charge < -0.3 is 9.73 Å². The van der Waals surface area contributed by atoms with Gasteiger partial charge in [-0.05, 0) is 43.2 Å². The van der Waals surface area contributed by atoms with Crippen LogP contribution >= 0.6 is 0 Å². The number of anilines is 1. The fraction of sp³-hybridized carbons (Fsp3) is 0.188. The number of aryl methyl sites for hydroxylation is 1. The first-order valence-corrected chi connectivity index (χ1v) is 6.77. The minimum atomic E-state index is 0.162. The predicted molar refractivity (Wildman–Crippen MR) is 80.7 cm³/mol. The van der Waals surface area contributed by atoms with Crippen molar-refractivity contribution in [3.05, 3.63) is 60.2 Å². The van der Waals surface area contributed by atoms with Gasteiger partial charge in [-0.1, -0.05) is 12.1 Å². The highest BCUT2D eigenvalue weighted by molar-refractivity contribution is 5.64. The Balaban J connectivity index is 1.86.